The zero-order valence-electron chi connectivity index (χ0n) is 8.38. The van der Waals surface area contributed by atoms with Crippen LogP contribution in [0.2, 0.25) is 0 Å². The van der Waals surface area contributed by atoms with Gasteiger partial charge in [0.05, 0.1) is 0 Å². The Hall–Kier alpha value is -1.24. The van der Waals surface area contributed by atoms with Gasteiger partial charge in [0.15, 0.2) is 0 Å². The molecule has 0 spiro atoms. The first-order chi connectivity index (χ1) is 6.25. The summed E-state index contributed by atoms with van der Waals surface area (Å²) in [7, 11) is 0. The quantitative estimate of drug-likeness (QED) is 0.750. The molecule has 0 radical (unpaired) electrons. The van der Waals surface area contributed by atoms with Gasteiger partial charge in [0.2, 0.25) is 0 Å². The first-order valence-corrected chi connectivity index (χ1v) is 4.76. The van der Waals surface area contributed by atoms with E-state index in [1.54, 1.807) is 0 Å². The summed E-state index contributed by atoms with van der Waals surface area (Å²) in [4.78, 5) is 0. The van der Waals surface area contributed by atoms with Crippen LogP contribution in [0, 0.1) is 0 Å². The van der Waals surface area contributed by atoms with E-state index in [9.17, 15) is 0 Å². The van der Waals surface area contributed by atoms with Gasteiger partial charge in [-0.3, -0.25) is 0 Å². The number of rotatable bonds is 3. The van der Waals surface area contributed by atoms with Crippen molar-refractivity contribution in [2.24, 2.45) is 5.73 Å². The summed E-state index contributed by atoms with van der Waals surface area (Å²) in [6.07, 6.45) is 2.20. The lowest BCUT2D eigenvalue weighted by Gasteiger charge is -2.08. The Balaban J connectivity index is 2.97. The van der Waals surface area contributed by atoms with Crippen LogP contribution in [0.1, 0.15) is 32.3 Å². The Bertz CT molecular complexity index is 281. The van der Waals surface area contributed by atoms with Crippen molar-refractivity contribution in [3.8, 4) is 0 Å². The van der Waals surface area contributed by atoms with Crippen molar-refractivity contribution in [2.45, 2.75) is 26.7 Å². The van der Waals surface area contributed by atoms with Gasteiger partial charge in [-0.1, -0.05) is 43.7 Å². The fraction of sp³-hybridized carbons (Fsp3) is 0.333. The Morgan fingerprint density at radius 2 is 1.85 bits per heavy atom. The standard InChI is InChI=1S/C12H17N/c1-3-7-12(10(2)13)11-8-5-4-6-9-11/h4-6,8-9H,3,7,13H2,1-2H3. The highest BCUT2D eigenvalue weighted by molar-refractivity contribution is 5.67. The normalized spacial score (nSPS) is 12.5. The molecule has 0 aliphatic carbocycles. The Kier molecular flexibility index (Phi) is 3.56. The third-order valence-electron chi connectivity index (χ3n) is 2.10. The molecule has 0 aliphatic rings. The van der Waals surface area contributed by atoms with Gasteiger partial charge in [-0.05, 0) is 24.5 Å². The van der Waals surface area contributed by atoms with Crippen molar-refractivity contribution in [2.75, 3.05) is 0 Å². The van der Waals surface area contributed by atoms with Gasteiger partial charge in [-0.2, -0.15) is 0 Å². The summed E-state index contributed by atoms with van der Waals surface area (Å²) >= 11 is 0. The van der Waals surface area contributed by atoms with Gasteiger partial charge in [-0.15, -0.1) is 0 Å². The van der Waals surface area contributed by atoms with Crippen LogP contribution in [0.15, 0.2) is 36.0 Å². The number of allylic oxidation sites excluding steroid dienone is 2. The number of benzene rings is 1. The molecule has 0 unspecified atom stereocenters. The molecule has 13 heavy (non-hydrogen) atoms. The second-order valence-corrected chi connectivity index (χ2v) is 3.28. The van der Waals surface area contributed by atoms with E-state index >= 15 is 0 Å². The van der Waals surface area contributed by atoms with E-state index in [1.807, 2.05) is 25.1 Å². The van der Waals surface area contributed by atoms with Crippen LogP contribution in [0.5, 0.6) is 0 Å². The molecule has 1 aromatic rings. The highest BCUT2D eigenvalue weighted by Gasteiger charge is 2.01. The molecule has 1 nitrogen and oxygen atoms in total. The maximum Gasteiger partial charge on any atom is 0.00874 e. The van der Waals surface area contributed by atoms with Crippen molar-refractivity contribution < 1.29 is 0 Å². The van der Waals surface area contributed by atoms with Crippen molar-refractivity contribution in [3.05, 3.63) is 41.6 Å². The van der Waals surface area contributed by atoms with Crippen molar-refractivity contribution in [3.63, 3.8) is 0 Å². The van der Waals surface area contributed by atoms with Crippen molar-refractivity contribution in [1.82, 2.24) is 0 Å². The maximum atomic E-state index is 5.83. The monoisotopic (exact) mass is 175 g/mol. The van der Waals surface area contributed by atoms with E-state index in [1.165, 1.54) is 11.1 Å². The van der Waals surface area contributed by atoms with Crippen LogP contribution in [0.3, 0.4) is 0 Å². The molecule has 1 rings (SSSR count). The Morgan fingerprint density at radius 1 is 1.23 bits per heavy atom. The molecule has 1 aromatic carbocycles. The summed E-state index contributed by atoms with van der Waals surface area (Å²) < 4.78 is 0. The lowest BCUT2D eigenvalue weighted by atomic mass is 10.00. The van der Waals surface area contributed by atoms with Crippen molar-refractivity contribution >= 4 is 5.57 Å². The highest BCUT2D eigenvalue weighted by Crippen LogP contribution is 2.21. The average molecular weight is 175 g/mol. The molecule has 0 saturated heterocycles. The molecule has 0 amide bonds. The van der Waals surface area contributed by atoms with Gasteiger partial charge < -0.3 is 5.73 Å². The molecule has 1 heteroatoms. The van der Waals surface area contributed by atoms with E-state index < -0.39 is 0 Å². The lowest BCUT2D eigenvalue weighted by molar-refractivity contribution is 0.962. The zero-order chi connectivity index (χ0) is 9.68. The van der Waals surface area contributed by atoms with Gasteiger partial charge >= 0.3 is 0 Å². The summed E-state index contributed by atoms with van der Waals surface area (Å²) in [5.41, 5.74) is 9.31. The van der Waals surface area contributed by atoms with Crippen LogP contribution in [0.4, 0.5) is 0 Å². The van der Waals surface area contributed by atoms with Crippen LogP contribution in [0.25, 0.3) is 5.57 Å². The van der Waals surface area contributed by atoms with Crippen LogP contribution in [-0.2, 0) is 0 Å². The largest absolute Gasteiger partial charge is 0.402 e. The molecule has 0 saturated carbocycles. The molecule has 0 bridgehead atoms. The fourth-order valence-electron chi connectivity index (χ4n) is 1.46. The summed E-state index contributed by atoms with van der Waals surface area (Å²) in [5.74, 6) is 0. The maximum absolute atomic E-state index is 5.83. The minimum Gasteiger partial charge on any atom is -0.402 e. The van der Waals surface area contributed by atoms with Gasteiger partial charge in [0.1, 0.15) is 0 Å². The number of nitrogens with two attached hydrogens (primary N) is 1. The SMILES string of the molecule is CCCC(=C(C)N)c1ccccc1. The first-order valence-electron chi connectivity index (χ1n) is 4.76. The number of hydrogen-bond acceptors (Lipinski definition) is 1. The topological polar surface area (TPSA) is 26.0 Å². The molecular weight excluding hydrogens is 158 g/mol. The molecule has 0 heterocycles. The third-order valence-corrected chi connectivity index (χ3v) is 2.10. The van der Waals surface area contributed by atoms with Gasteiger partial charge in [0.25, 0.3) is 0 Å². The molecule has 0 aliphatic heterocycles. The van der Waals surface area contributed by atoms with E-state index in [0.29, 0.717) is 0 Å². The van der Waals surface area contributed by atoms with E-state index in [2.05, 4.69) is 19.1 Å². The molecule has 0 atom stereocenters. The molecule has 0 fully saturated rings. The van der Waals surface area contributed by atoms with E-state index in [0.717, 1.165) is 18.5 Å². The van der Waals surface area contributed by atoms with Crippen molar-refractivity contribution in [1.29, 1.82) is 0 Å². The minimum atomic E-state index is 0.938. The molecule has 2 N–H and O–H groups in total. The average Bonchev–Trinajstić information content (AvgIpc) is 2.15. The second kappa shape index (κ2) is 4.70. The smallest absolute Gasteiger partial charge is 0.00874 e. The third kappa shape index (κ3) is 2.62. The van der Waals surface area contributed by atoms with Crippen LogP contribution >= 0.6 is 0 Å². The Labute approximate surface area is 80.3 Å². The van der Waals surface area contributed by atoms with Gasteiger partial charge in [0, 0.05) is 5.70 Å². The zero-order valence-corrected chi connectivity index (χ0v) is 8.38. The summed E-state index contributed by atoms with van der Waals surface area (Å²) in [6, 6.07) is 10.4. The number of hydrogen-bond donors (Lipinski definition) is 1. The fourth-order valence-corrected chi connectivity index (χ4v) is 1.46. The van der Waals surface area contributed by atoms with Crippen LogP contribution < -0.4 is 5.73 Å². The minimum absolute atomic E-state index is 0.938. The predicted molar refractivity (Wildman–Crippen MR) is 58.1 cm³/mol. The lowest BCUT2D eigenvalue weighted by Crippen LogP contribution is -1.97. The Morgan fingerprint density at radius 3 is 2.31 bits per heavy atom. The molecule has 0 aromatic heterocycles. The summed E-state index contributed by atoms with van der Waals surface area (Å²) in [5, 5.41) is 0. The second-order valence-electron chi connectivity index (χ2n) is 3.28. The highest BCUT2D eigenvalue weighted by atomic mass is 14.6. The van der Waals surface area contributed by atoms with Gasteiger partial charge in [-0.25, -0.2) is 0 Å². The predicted octanol–water partition coefficient (Wildman–Crippen LogP) is 3.18. The van der Waals surface area contributed by atoms with E-state index in [-0.39, 0.29) is 0 Å². The molecule has 70 valence electrons. The molecular formula is C12H17N. The van der Waals surface area contributed by atoms with Crippen LogP contribution in [-0.4, -0.2) is 0 Å². The summed E-state index contributed by atoms with van der Waals surface area (Å²) in [6.45, 7) is 4.14. The first kappa shape index (κ1) is 9.85. The van der Waals surface area contributed by atoms with E-state index in [4.69, 9.17) is 5.73 Å².